The first-order valence-electron chi connectivity index (χ1n) is 9.27. The van der Waals surface area contributed by atoms with Crippen molar-refractivity contribution >= 4 is 11.8 Å². The number of hydrogen-bond donors (Lipinski definition) is 2. The highest BCUT2D eigenvalue weighted by Gasteiger charge is 2.15. The van der Waals surface area contributed by atoms with E-state index in [1.54, 1.807) is 6.07 Å². The minimum atomic E-state index is -0.408. The van der Waals surface area contributed by atoms with Gasteiger partial charge in [-0.2, -0.15) is 0 Å². The summed E-state index contributed by atoms with van der Waals surface area (Å²) in [4.78, 5) is 32.7. The molecule has 0 unspecified atom stereocenters. The molecule has 0 radical (unpaired) electrons. The summed E-state index contributed by atoms with van der Waals surface area (Å²) in [5.41, 5.74) is 2.36. The van der Waals surface area contributed by atoms with Gasteiger partial charge < -0.3 is 19.8 Å². The number of nitrogens with one attached hydrogen (secondary N) is 2. The van der Waals surface area contributed by atoms with Gasteiger partial charge in [-0.15, -0.1) is 0 Å². The number of benzene rings is 1. The van der Waals surface area contributed by atoms with Crippen molar-refractivity contribution in [3.63, 3.8) is 0 Å². The molecule has 2 amide bonds. The number of carbonyl (C=O) groups is 2. The fourth-order valence-corrected chi connectivity index (χ4v) is 3.07. The zero-order valence-corrected chi connectivity index (χ0v) is 15.9. The second-order valence-corrected chi connectivity index (χ2v) is 6.71. The van der Waals surface area contributed by atoms with E-state index in [1.165, 1.54) is 12.4 Å². The number of amides is 2. The quantitative estimate of drug-likeness (QED) is 0.666. The molecule has 0 bridgehead atoms. The van der Waals surface area contributed by atoms with Crippen molar-refractivity contribution < 1.29 is 18.7 Å². The van der Waals surface area contributed by atoms with E-state index in [4.69, 9.17) is 9.15 Å². The second-order valence-electron chi connectivity index (χ2n) is 6.71. The molecule has 0 saturated carbocycles. The third-order valence-corrected chi connectivity index (χ3v) is 4.56. The lowest BCUT2D eigenvalue weighted by molar-refractivity contribution is 0.0942. The van der Waals surface area contributed by atoms with Crippen molar-refractivity contribution in [2.45, 2.75) is 26.4 Å². The molecule has 1 aromatic carbocycles. The maximum atomic E-state index is 12.4. The third kappa shape index (κ3) is 4.43. The van der Waals surface area contributed by atoms with Crippen molar-refractivity contribution in [3.05, 3.63) is 76.8 Å². The Labute approximate surface area is 167 Å². The van der Waals surface area contributed by atoms with Gasteiger partial charge in [0.05, 0.1) is 13.2 Å². The Kier molecular flexibility index (Phi) is 5.24. The molecule has 3 heterocycles. The van der Waals surface area contributed by atoms with Gasteiger partial charge >= 0.3 is 0 Å². The molecular weight excluding hydrogens is 372 g/mol. The Morgan fingerprint density at radius 1 is 1.00 bits per heavy atom. The summed E-state index contributed by atoms with van der Waals surface area (Å²) in [6.07, 6.45) is 2.08. The van der Waals surface area contributed by atoms with Crippen molar-refractivity contribution in [1.82, 2.24) is 20.6 Å². The van der Waals surface area contributed by atoms with Crippen molar-refractivity contribution in [2.75, 3.05) is 6.61 Å². The van der Waals surface area contributed by atoms with Crippen LogP contribution in [0.15, 0.2) is 47.1 Å². The van der Waals surface area contributed by atoms with Crippen LogP contribution in [0.3, 0.4) is 0 Å². The van der Waals surface area contributed by atoms with Crippen LogP contribution in [-0.4, -0.2) is 28.4 Å². The molecule has 1 aliphatic heterocycles. The topological polar surface area (TPSA) is 106 Å². The maximum absolute atomic E-state index is 12.4. The van der Waals surface area contributed by atoms with Crippen LogP contribution < -0.4 is 15.4 Å². The van der Waals surface area contributed by atoms with Crippen LogP contribution in [-0.2, 0) is 19.5 Å². The lowest BCUT2D eigenvalue weighted by Crippen LogP contribution is -2.27. The minimum absolute atomic E-state index is 0.114. The van der Waals surface area contributed by atoms with Crippen molar-refractivity contribution in [2.24, 2.45) is 0 Å². The Bertz CT molecular complexity index is 1060. The first kappa shape index (κ1) is 18.7. The SMILES string of the molecule is Cc1ccc(CNC(=O)c2cc(C(=O)NCc3ccc4c(c3)CCO4)ncn2)o1. The fraction of sp³-hybridized carbons (Fsp3) is 0.238. The highest BCUT2D eigenvalue weighted by Crippen LogP contribution is 2.25. The molecule has 0 aliphatic carbocycles. The molecule has 2 aromatic heterocycles. The van der Waals surface area contributed by atoms with E-state index in [9.17, 15) is 9.59 Å². The first-order chi connectivity index (χ1) is 14.1. The van der Waals surface area contributed by atoms with Crippen LogP contribution >= 0.6 is 0 Å². The molecule has 0 atom stereocenters. The molecule has 2 N–H and O–H groups in total. The van der Waals surface area contributed by atoms with E-state index in [-0.39, 0.29) is 23.8 Å². The first-order valence-corrected chi connectivity index (χ1v) is 9.27. The van der Waals surface area contributed by atoms with Crippen LogP contribution in [0.5, 0.6) is 5.75 Å². The number of nitrogens with zero attached hydrogens (tertiary/aromatic N) is 2. The van der Waals surface area contributed by atoms with Crippen molar-refractivity contribution in [1.29, 1.82) is 0 Å². The number of rotatable bonds is 6. The monoisotopic (exact) mass is 392 g/mol. The third-order valence-electron chi connectivity index (χ3n) is 4.56. The number of fused-ring (bicyclic) bond motifs is 1. The molecule has 1 aliphatic rings. The number of aromatic nitrogens is 2. The Morgan fingerprint density at radius 3 is 2.48 bits per heavy atom. The van der Waals surface area contributed by atoms with Crippen LogP contribution in [0.1, 0.15) is 43.6 Å². The normalized spacial score (nSPS) is 12.2. The van der Waals surface area contributed by atoms with Gasteiger partial charge in [0.25, 0.3) is 11.8 Å². The lowest BCUT2D eigenvalue weighted by Gasteiger charge is -2.07. The Balaban J connectivity index is 1.35. The standard InChI is InChI=1S/C21H20N4O4/c1-13-2-4-16(29-13)11-23-21(27)18-9-17(24-12-25-18)20(26)22-10-14-3-5-19-15(8-14)6-7-28-19/h2-5,8-9,12H,6-7,10-11H2,1H3,(H,22,26)(H,23,27). The number of carbonyl (C=O) groups excluding carboxylic acids is 2. The van der Waals surface area contributed by atoms with E-state index in [2.05, 4.69) is 20.6 Å². The molecule has 8 nitrogen and oxygen atoms in total. The summed E-state index contributed by atoms with van der Waals surface area (Å²) < 4.78 is 10.9. The van der Waals surface area contributed by atoms with Gasteiger partial charge in [-0.25, -0.2) is 9.97 Å². The summed E-state index contributed by atoms with van der Waals surface area (Å²) in [7, 11) is 0. The van der Waals surface area contributed by atoms with E-state index >= 15 is 0 Å². The summed E-state index contributed by atoms with van der Waals surface area (Å²) in [5.74, 6) is 1.53. The second kappa shape index (κ2) is 8.14. The smallest absolute Gasteiger partial charge is 0.270 e. The van der Waals surface area contributed by atoms with Gasteiger partial charge in [0.2, 0.25) is 0 Å². The number of ether oxygens (including phenoxy) is 1. The van der Waals surface area contributed by atoms with E-state index in [0.717, 1.165) is 29.1 Å². The molecule has 0 fully saturated rings. The van der Waals surface area contributed by atoms with Crippen LogP contribution in [0, 0.1) is 6.92 Å². The molecular formula is C21H20N4O4. The minimum Gasteiger partial charge on any atom is -0.493 e. The van der Waals surface area contributed by atoms with Crippen molar-refractivity contribution in [3.8, 4) is 5.75 Å². The van der Waals surface area contributed by atoms with E-state index in [0.29, 0.717) is 18.9 Å². The summed E-state index contributed by atoms with van der Waals surface area (Å²) in [6.45, 7) is 3.11. The highest BCUT2D eigenvalue weighted by molar-refractivity contribution is 5.97. The summed E-state index contributed by atoms with van der Waals surface area (Å²) in [6, 6.07) is 10.8. The molecule has 29 heavy (non-hydrogen) atoms. The van der Waals surface area contributed by atoms with Gasteiger partial charge in [0.15, 0.2) is 0 Å². The molecule has 148 valence electrons. The van der Waals surface area contributed by atoms with Gasteiger partial charge in [0, 0.05) is 19.0 Å². The predicted octanol–water partition coefficient (Wildman–Crippen LogP) is 2.17. The average molecular weight is 392 g/mol. The fourth-order valence-electron chi connectivity index (χ4n) is 3.07. The van der Waals surface area contributed by atoms with Gasteiger partial charge in [0.1, 0.15) is 35.0 Å². The zero-order chi connectivity index (χ0) is 20.2. The zero-order valence-electron chi connectivity index (χ0n) is 15.9. The van der Waals surface area contributed by atoms with Gasteiger partial charge in [-0.3, -0.25) is 9.59 Å². The van der Waals surface area contributed by atoms with E-state index in [1.807, 2.05) is 31.2 Å². The van der Waals surface area contributed by atoms with Gasteiger partial charge in [-0.05, 0) is 36.2 Å². The van der Waals surface area contributed by atoms with Crippen LogP contribution in [0.25, 0.3) is 0 Å². The number of hydrogen-bond acceptors (Lipinski definition) is 6. The van der Waals surface area contributed by atoms with Crippen LogP contribution in [0.4, 0.5) is 0 Å². The average Bonchev–Trinajstić information content (AvgIpc) is 3.38. The summed E-state index contributed by atoms with van der Waals surface area (Å²) in [5, 5.41) is 5.53. The Morgan fingerprint density at radius 2 is 1.76 bits per heavy atom. The van der Waals surface area contributed by atoms with Crippen LogP contribution in [0.2, 0.25) is 0 Å². The highest BCUT2D eigenvalue weighted by atomic mass is 16.5. The summed E-state index contributed by atoms with van der Waals surface area (Å²) >= 11 is 0. The lowest BCUT2D eigenvalue weighted by atomic mass is 10.1. The van der Waals surface area contributed by atoms with Gasteiger partial charge in [-0.1, -0.05) is 12.1 Å². The molecule has 8 heteroatoms. The van der Waals surface area contributed by atoms with E-state index < -0.39 is 5.91 Å². The molecule has 3 aromatic rings. The number of furan rings is 1. The number of aryl methyl sites for hydroxylation is 1. The Hall–Kier alpha value is -3.68. The molecule has 0 saturated heterocycles. The molecule has 4 rings (SSSR count). The maximum Gasteiger partial charge on any atom is 0.270 e. The largest absolute Gasteiger partial charge is 0.493 e. The molecule has 0 spiro atoms. The predicted molar refractivity (Wildman–Crippen MR) is 103 cm³/mol.